The molecule has 0 spiro atoms. The molecule has 0 fully saturated rings. The molecule has 160 valence electrons. The summed E-state index contributed by atoms with van der Waals surface area (Å²) in [6.45, 7) is -1.16. The number of rotatable bonds is 13. The zero-order valence-electron chi connectivity index (χ0n) is 13.2. The Balaban J connectivity index is 5.21. The molecule has 3 unspecified atom stereocenters. The smallest absolute Gasteiger partial charge is 0.248 e. The third-order valence-electron chi connectivity index (χ3n) is 2.48. The van der Waals surface area contributed by atoms with E-state index in [0.29, 0.717) is 5.75 Å². The van der Waals surface area contributed by atoms with Crippen LogP contribution in [0.25, 0.3) is 0 Å². The van der Waals surface area contributed by atoms with Crippen LogP contribution in [-0.4, -0.2) is 57.1 Å². The molecule has 26 heavy (non-hydrogen) atoms. The van der Waals surface area contributed by atoms with Gasteiger partial charge in [-0.1, -0.05) is 74.3 Å². The van der Waals surface area contributed by atoms with Gasteiger partial charge in [-0.25, -0.2) is 8.78 Å². The molecule has 0 radical (unpaired) electrons. The molecule has 0 rings (SSSR count). The van der Waals surface area contributed by atoms with Crippen molar-refractivity contribution in [2.45, 2.75) is 34.4 Å². The second kappa shape index (κ2) is 13.7. The van der Waals surface area contributed by atoms with Crippen molar-refractivity contribution < 1.29 is 22.0 Å². The molecule has 0 N–H and O–H groups in total. The molecule has 0 aliphatic carbocycles. The summed E-state index contributed by atoms with van der Waals surface area (Å²) in [4.78, 5) is 0. The van der Waals surface area contributed by atoms with Crippen LogP contribution < -0.4 is 0 Å². The highest BCUT2D eigenvalue weighted by atomic mass is 35.6. The first kappa shape index (κ1) is 28.5. The van der Waals surface area contributed by atoms with E-state index in [-0.39, 0.29) is 29.6 Å². The first-order valence-electron chi connectivity index (χ1n) is 7.10. The summed E-state index contributed by atoms with van der Waals surface area (Å²) in [7, 11) is 1.45. The van der Waals surface area contributed by atoms with Gasteiger partial charge in [0.2, 0.25) is 0 Å². The lowest BCUT2D eigenvalue weighted by Gasteiger charge is -2.39. The fraction of sp³-hybridized carbons (Fsp3) is 1.00. The molecule has 0 aromatic rings. The van der Waals surface area contributed by atoms with E-state index >= 15 is 0 Å². The quantitative estimate of drug-likeness (QED) is 0.125. The standard InChI is InChI=1S/C12H18Cl5F5S4/c13-5-9(14)7-24-26(4-2-11(15,16)17,25-8-10(19)6-18)23-3-1-12(20,21)22/h9-10H,1-8H2. The van der Waals surface area contributed by atoms with Crippen LogP contribution in [0.2, 0.25) is 0 Å². The van der Waals surface area contributed by atoms with E-state index in [9.17, 15) is 22.0 Å². The molecule has 3 atom stereocenters. The first-order chi connectivity index (χ1) is 11.8. The highest BCUT2D eigenvalue weighted by molar-refractivity contribution is 9.48. The molecule has 14 heteroatoms. The first-order valence-corrected chi connectivity index (χ1v) is 15.5. The van der Waals surface area contributed by atoms with Crippen LogP contribution >= 0.6 is 97.5 Å². The zero-order chi connectivity index (χ0) is 20.4. The van der Waals surface area contributed by atoms with Gasteiger partial charge in [-0.15, -0.1) is 23.2 Å². The van der Waals surface area contributed by atoms with Crippen LogP contribution in [0.15, 0.2) is 0 Å². The summed E-state index contributed by atoms with van der Waals surface area (Å²) < 4.78 is 61.8. The van der Waals surface area contributed by atoms with Gasteiger partial charge in [0.1, 0.15) is 12.8 Å². The average Bonchev–Trinajstić information content (AvgIpc) is 2.53. The van der Waals surface area contributed by atoms with Crippen LogP contribution in [0, 0.1) is 0 Å². The van der Waals surface area contributed by atoms with E-state index in [1.807, 2.05) is 0 Å². The number of alkyl halides is 10. The highest BCUT2D eigenvalue weighted by Crippen LogP contribution is 2.79. The summed E-state index contributed by atoms with van der Waals surface area (Å²) in [6, 6.07) is 0. The number of hydrogen-bond donors (Lipinski definition) is 0. The molecule has 0 saturated heterocycles. The van der Waals surface area contributed by atoms with Crippen molar-refractivity contribution in [3.05, 3.63) is 0 Å². The maximum absolute atomic E-state index is 13.4. The SMILES string of the molecule is FCC(F)CSS(CCC(Cl)(Cl)Cl)(SCCC(F)(F)F)SCC(Cl)CCl. The van der Waals surface area contributed by atoms with Crippen LogP contribution in [-0.2, 0) is 0 Å². The van der Waals surface area contributed by atoms with Gasteiger partial charge in [-0.3, -0.25) is 0 Å². The van der Waals surface area contributed by atoms with Gasteiger partial charge in [0, 0.05) is 35.3 Å². The Bertz CT molecular complexity index is 372. The van der Waals surface area contributed by atoms with Crippen molar-refractivity contribution in [3.8, 4) is 0 Å². The monoisotopic (exact) mass is 560 g/mol. The van der Waals surface area contributed by atoms with Gasteiger partial charge >= 0.3 is 6.18 Å². The van der Waals surface area contributed by atoms with Crippen molar-refractivity contribution in [1.82, 2.24) is 0 Å². The normalized spacial score (nSPS) is 19.0. The lowest BCUT2D eigenvalue weighted by Crippen LogP contribution is -2.14. The summed E-state index contributed by atoms with van der Waals surface area (Å²) in [5.41, 5.74) is 0. The Labute approximate surface area is 188 Å². The molecular weight excluding hydrogens is 545 g/mol. The molecule has 0 aromatic carbocycles. The molecule has 0 nitrogen and oxygen atoms in total. The fourth-order valence-corrected chi connectivity index (χ4v) is 15.8. The molecule has 0 heterocycles. The Morgan fingerprint density at radius 1 is 0.962 bits per heavy atom. The fourth-order valence-electron chi connectivity index (χ4n) is 1.25. The summed E-state index contributed by atoms with van der Waals surface area (Å²) in [5.74, 6) is 0.346. The molecule has 0 saturated carbocycles. The molecule has 0 amide bonds. The van der Waals surface area contributed by atoms with Crippen molar-refractivity contribution >= 4 is 97.5 Å². The van der Waals surface area contributed by atoms with E-state index in [4.69, 9.17) is 58.0 Å². The van der Waals surface area contributed by atoms with Gasteiger partial charge in [-0.2, -0.15) is 13.2 Å². The van der Waals surface area contributed by atoms with E-state index in [0.717, 1.165) is 21.6 Å². The third-order valence-corrected chi connectivity index (χ3v) is 18.5. The topological polar surface area (TPSA) is 0 Å². The van der Waals surface area contributed by atoms with E-state index < -0.39 is 41.7 Å². The van der Waals surface area contributed by atoms with E-state index in [1.54, 1.807) is 0 Å². The predicted molar refractivity (Wildman–Crippen MR) is 117 cm³/mol. The molecule has 0 aliphatic heterocycles. The van der Waals surface area contributed by atoms with Gasteiger partial charge < -0.3 is 0 Å². The van der Waals surface area contributed by atoms with Crippen molar-refractivity contribution in [1.29, 1.82) is 0 Å². The predicted octanol–water partition coefficient (Wildman–Crippen LogP) is 8.60. The zero-order valence-corrected chi connectivity index (χ0v) is 20.3. The number of hydrogen-bond acceptors (Lipinski definition) is 3. The third kappa shape index (κ3) is 15.4. The maximum atomic E-state index is 13.4. The van der Waals surface area contributed by atoms with Gasteiger partial charge in [0.15, 0.2) is 3.79 Å². The molecular formula is C12H18Cl5F5S4. The minimum atomic E-state index is -4.31. The van der Waals surface area contributed by atoms with Gasteiger partial charge in [-0.05, 0) is 0 Å². The Kier molecular flexibility index (Phi) is 15.1. The highest BCUT2D eigenvalue weighted by Gasteiger charge is 2.35. The Morgan fingerprint density at radius 2 is 1.54 bits per heavy atom. The lowest BCUT2D eigenvalue weighted by molar-refractivity contribution is -0.129. The number of halogens is 10. The van der Waals surface area contributed by atoms with Crippen molar-refractivity contribution in [2.75, 3.05) is 35.6 Å². The lowest BCUT2D eigenvalue weighted by atomic mass is 10.5. The van der Waals surface area contributed by atoms with Crippen LogP contribution in [0.3, 0.4) is 0 Å². The molecule has 0 bridgehead atoms. The second-order valence-electron chi connectivity index (χ2n) is 4.89. The summed E-state index contributed by atoms with van der Waals surface area (Å²) in [5, 5.41) is -0.410. The largest absolute Gasteiger partial charge is 0.389 e. The van der Waals surface area contributed by atoms with Crippen molar-refractivity contribution in [2.24, 2.45) is 0 Å². The molecule has 0 aromatic heterocycles. The van der Waals surface area contributed by atoms with Crippen molar-refractivity contribution in [3.63, 3.8) is 0 Å². The molecule has 0 aliphatic rings. The van der Waals surface area contributed by atoms with Crippen LogP contribution in [0.4, 0.5) is 22.0 Å². The summed E-state index contributed by atoms with van der Waals surface area (Å²) in [6.07, 6.45) is -6.94. The van der Waals surface area contributed by atoms with Crippen LogP contribution in [0.5, 0.6) is 0 Å². The Morgan fingerprint density at radius 3 is 2.00 bits per heavy atom. The van der Waals surface area contributed by atoms with E-state index in [2.05, 4.69) is 0 Å². The second-order valence-corrected chi connectivity index (χ2v) is 20.8. The maximum Gasteiger partial charge on any atom is 0.389 e. The van der Waals surface area contributed by atoms with Gasteiger partial charge in [0.05, 0.1) is 11.8 Å². The summed E-state index contributed by atoms with van der Waals surface area (Å²) >= 11 is 29.0. The Hall–Kier alpha value is 2.50. The minimum absolute atomic E-state index is 0.0758. The average molecular weight is 563 g/mol. The minimum Gasteiger partial charge on any atom is -0.248 e. The van der Waals surface area contributed by atoms with Gasteiger partial charge in [0.25, 0.3) is 0 Å². The van der Waals surface area contributed by atoms with Crippen LogP contribution in [0.1, 0.15) is 12.8 Å². The van der Waals surface area contributed by atoms with E-state index in [1.165, 1.54) is 10.8 Å².